The molecule has 0 bridgehead atoms. The van der Waals surface area contributed by atoms with Crippen LogP contribution in [0.25, 0.3) is 11.1 Å². The SMILES string of the molecule is FC(F)C1CN(c2nc3cc(Cl)ccc3o2)C1. The highest BCUT2D eigenvalue weighted by Gasteiger charge is 2.36. The summed E-state index contributed by atoms with van der Waals surface area (Å²) in [5, 5.41) is 0.575. The zero-order valence-corrected chi connectivity index (χ0v) is 9.49. The van der Waals surface area contributed by atoms with E-state index in [1.165, 1.54) is 0 Å². The van der Waals surface area contributed by atoms with Crippen LogP contribution in [0.1, 0.15) is 0 Å². The van der Waals surface area contributed by atoms with Crippen molar-refractivity contribution in [2.75, 3.05) is 18.0 Å². The summed E-state index contributed by atoms with van der Waals surface area (Å²) in [6.45, 7) is 0.580. The van der Waals surface area contributed by atoms with Gasteiger partial charge in [-0.05, 0) is 18.2 Å². The Labute approximate surface area is 101 Å². The molecule has 1 aromatic carbocycles. The van der Waals surface area contributed by atoms with Crippen LogP contribution >= 0.6 is 11.6 Å². The van der Waals surface area contributed by atoms with Gasteiger partial charge in [0.15, 0.2) is 5.58 Å². The number of benzene rings is 1. The van der Waals surface area contributed by atoms with Crippen molar-refractivity contribution >= 4 is 28.7 Å². The van der Waals surface area contributed by atoms with Crippen LogP contribution in [0.15, 0.2) is 22.6 Å². The number of rotatable bonds is 2. The summed E-state index contributed by atoms with van der Waals surface area (Å²) in [7, 11) is 0. The van der Waals surface area contributed by atoms with Crippen LogP contribution < -0.4 is 4.90 Å². The average molecular weight is 259 g/mol. The minimum absolute atomic E-state index is 0.290. The summed E-state index contributed by atoms with van der Waals surface area (Å²) in [6, 6.07) is 5.50. The first-order valence-corrected chi connectivity index (χ1v) is 5.60. The van der Waals surface area contributed by atoms with Crippen molar-refractivity contribution in [2.24, 2.45) is 5.92 Å². The van der Waals surface area contributed by atoms with Crippen LogP contribution in [0, 0.1) is 5.92 Å². The fraction of sp³-hybridized carbons (Fsp3) is 0.364. The predicted octanol–water partition coefficient (Wildman–Crippen LogP) is 3.18. The quantitative estimate of drug-likeness (QED) is 0.828. The van der Waals surface area contributed by atoms with Gasteiger partial charge in [0.2, 0.25) is 6.43 Å². The van der Waals surface area contributed by atoms with Gasteiger partial charge in [0.25, 0.3) is 6.01 Å². The molecule has 0 atom stereocenters. The monoisotopic (exact) mass is 258 g/mol. The van der Waals surface area contributed by atoms with Gasteiger partial charge in [0.05, 0.1) is 5.92 Å². The van der Waals surface area contributed by atoms with E-state index in [1.807, 2.05) is 0 Å². The molecule has 1 saturated heterocycles. The number of hydrogen-bond donors (Lipinski definition) is 0. The number of hydrogen-bond acceptors (Lipinski definition) is 3. The van der Waals surface area contributed by atoms with Gasteiger partial charge in [0, 0.05) is 18.1 Å². The third kappa shape index (κ3) is 1.84. The molecular formula is C11H9ClF2N2O. The van der Waals surface area contributed by atoms with Crippen molar-refractivity contribution in [3.05, 3.63) is 23.2 Å². The summed E-state index contributed by atoms with van der Waals surface area (Å²) >= 11 is 5.83. The first-order valence-electron chi connectivity index (χ1n) is 5.22. The normalized spacial score (nSPS) is 16.8. The van der Waals surface area contributed by atoms with Gasteiger partial charge in [-0.15, -0.1) is 0 Å². The van der Waals surface area contributed by atoms with Crippen LogP contribution in [0.4, 0.5) is 14.8 Å². The maximum Gasteiger partial charge on any atom is 0.298 e. The lowest BCUT2D eigenvalue weighted by atomic mass is 10.0. The van der Waals surface area contributed by atoms with Crippen LogP contribution in [0.5, 0.6) is 0 Å². The first-order chi connectivity index (χ1) is 8.13. The van der Waals surface area contributed by atoms with E-state index >= 15 is 0 Å². The van der Waals surface area contributed by atoms with Crippen LogP contribution in [-0.4, -0.2) is 24.5 Å². The Bertz CT molecular complexity index is 551. The number of halogens is 3. The Hall–Kier alpha value is -1.36. The molecule has 1 fully saturated rings. The number of oxazole rings is 1. The van der Waals surface area contributed by atoms with E-state index < -0.39 is 12.3 Å². The van der Waals surface area contributed by atoms with E-state index in [0.29, 0.717) is 22.1 Å². The van der Waals surface area contributed by atoms with Crippen molar-refractivity contribution in [3.8, 4) is 0 Å². The van der Waals surface area contributed by atoms with Crippen molar-refractivity contribution in [1.82, 2.24) is 4.98 Å². The molecule has 6 heteroatoms. The molecule has 90 valence electrons. The van der Waals surface area contributed by atoms with E-state index in [4.69, 9.17) is 16.0 Å². The van der Waals surface area contributed by atoms with Crippen molar-refractivity contribution in [3.63, 3.8) is 0 Å². The van der Waals surface area contributed by atoms with E-state index in [-0.39, 0.29) is 13.1 Å². The Kier molecular flexibility index (Phi) is 2.43. The Balaban J connectivity index is 1.83. The van der Waals surface area contributed by atoms with Crippen LogP contribution in [0.3, 0.4) is 0 Å². The van der Waals surface area contributed by atoms with Gasteiger partial charge < -0.3 is 9.32 Å². The average Bonchev–Trinajstić information content (AvgIpc) is 2.56. The van der Waals surface area contributed by atoms with Gasteiger partial charge in [-0.25, -0.2) is 8.78 Å². The van der Waals surface area contributed by atoms with Crippen molar-refractivity contribution < 1.29 is 13.2 Å². The molecule has 0 radical (unpaired) electrons. The lowest BCUT2D eigenvalue weighted by Crippen LogP contribution is -2.50. The van der Waals surface area contributed by atoms with Gasteiger partial charge in [0.1, 0.15) is 5.52 Å². The summed E-state index contributed by atoms with van der Waals surface area (Å²) < 4.78 is 30.1. The maximum atomic E-state index is 12.3. The fourth-order valence-corrected chi connectivity index (χ4v) is 2.02. The summed E-state index contributed by atoms with van der Waals surface area (Å²) in [5.74, 6) is -0.575. The van der Waals surface area contributed by atoms with Crippen molar-refractivity contribution in [2.45, 2.75) is 6.43 Å². The lowest BCUT2D eigenvalue weighted by molar-refractivity contribution is 0.0596. The second kappa shape index (κ2) is 3.84. The Morgan fingerprint density at radius 3 is 2.88 bits per heavy atom. The molecule has 2 heterocycles. The maximum absolute atomic E-state index is 12.3. The first kappa shape index (κ1) is 10.8. The Morgan fingerprint density at radius 1 is 1.41 bits per heavy atom. The minimum Gasteiger partial charge on any atom is -0.423 e. The molecule has 1 aliphatic rings. The van der Waals surface area contributed by atoms with E-state index in [1.54, 1.807) is 23.1 Å². The molecular weight excluding hydrogens is 250 g/mol. The lowest BCUT2D eigenvalue weighted by Gasteiger charge is -2.37. The molecule has 17 heavy (non-hydrogen) atoms. The molecule has 3 rings (SSSR count). The third-order valence-electron chi connectivity index (χ3n) is 2.87. The van der Waals surface area contributed by atoms with E-state index in [0.717, 1.165) is 0 Å². The van der Waals surface area contributed by atoms with Crippen molar-refractivity contribution in [1.29, 1.82) is 0 Å². The second-order valence-corrected chi connectivity index (χ2v) is 4.54. The molecule has 0 aliphatic carbocycles. The molecule has 0 unspecified atom stereocenters. The van der Waals surface area contributed by atoms with Gasteiger partial charge in [-0.3, -0.25) is 0 Å². The molecule has 3 nitrogen and oxygen atoms in total. The van der Waals surface area contributed by atoms with Gasteiger partial charge in [-0.2, -0.15) is 4.98 Å². The zero-order chi connectivity index (χ0) is 12.0. The zero-order valence-electron chi connectivity index (χ0n) is 8.74. The van der Waals surface area contributed by atoms with Crippen LogP contribution in [0.2, 0.25) is 5.02 Å². The predicted molar refractivity (Wildman–Crippen MR) is 60.7 cm³/mol. The highest BCUT2D eigenvalue weighted by molar-refractivity contribution is 6.31. The minimum atomic E-state index is -2.27. The van der Waals surface area contributed by atoms with Gasteiger partial charge >= 0.3 is 0 Å². The van der Waals surface area contributed by atoms with E-state index in [9.17, 15) is 8.78 Å². The van der Waals surface area contributed by atoms with Gasteiger partial charge in [-0.1, -0.05) is 11.6 Å². The van der Waals surface area contributed by atoms with Crippen LogP contribution in [-0.2, 0) is 0 Å². The molecule has 0 amide bonds. The molecule has 2 aromatic rings. The highest BCUT2D eigenvalue weighted by Crippen LogP contribution is 2.30. The number of alkyl halides is 2. The molecule has 1 aliphatic heterocycles. The summed E-state index contributed by atoms with van der Waals surface area (Å²) in [4.78, 5) is 5.92. The number of nitrogens with zero attached hydrogens (tertiary/aromatic N) is 2. The number of anilines is 1. The largest absolute Gasteiger partial charge is 0.423 e. The smallest absolute Gasteiger partial charge is 0.298 e. The Morgan fingerprint density at radius 2 is 2.18 bits per heavy atom. The summed E-state index contributed by atoms with van der Waals surface area (Å²) in [5.41, 5.74) is 1.26. The standard InChI is InChI=1S/C11H9ClF2N2O/c12-7-1-2-9-8(3-7)15-11(17-9)16-4-6(5-16)10(13)14/h1-3,6,10H,4-5H2. The van der Waals surface area contributed by atoms with E-state index in [2.05, 4.69) is 4.98 Å². The third-order valence-corrected chi connectivity index (χ3v) is 3.11. The summed E-state index contributed by atoms with van der Waals surface area (Å²) in [6.07, 6.45) is -2.27. The second-order valence-electron chi connectivity index (χ2n) is 4.11. The number of aromatic nitrogens is 1. The molecule has 0 spiro atoms. The molecule has 1 aromatic heterocycles. The topological polar surface area (TPSA) is 29.3 Å². The fourth-order valence-electron chi connectivity index (χ4n) is 1.85. The molecule has 0 saturated carbocycles. The number of fused-ring (bicyclic) bond motifs is 1. The highest BCUT2D eigenvalue weighted by atomic mass is 35.5. The molecule has 0 N–H and O–H groups in total.